The fourth-order valence-corrected chi connectivity index (χ4v) is 9.21. The molecule has 3 aromatic carbocycles. The molecule has 4 aliphatic heterocycles. The highest BCUT2D eigenvalue weighted by Gasteiger charge is 2.34. The number of piperidine rings is 1. The Morgan fingerprint density at radius 1 is 0.761 bits per heavy atom. The molecular weight excluding hydrogens is 865 g/mol. The van der Waals surface area contributed by atoms with Crippen molar-refractivity contribution in [2.45, 2.75) is 97.8 Å². The zero-order valence-electron chi connectivity index (χ0n) is 40.8. The summed E-state index contributed by atoms with van der Waals surface area (Å²) in [6.45, 7) is 25.8. The largest absolute Gasteiger partial charge is 0.450 e. The molecule has 15 heteroatoms. The Morgan fingerprint density at radius 3 is 1.97 bits per heavy atom. The van der Waals surface area contributed by atoms with Crippen molar-refractivity contribution in [3.63, 3.8) is 0 Å². The van der Waals surface area contributed by atoms with E-state index in [0.717, 1.165) is 114 Å². The highest BCUT2D eigenvalue weighted by molar-refractivity contribution is 7.13. The van der Waals surface area contributed by atoms with Gasteiger partial charge in [0.25, 0.3) is 0 Å². The second-order valence-electron chi connectivity index (χ2n) is 18.6. The second-order valence-corrected chi connectivity index (χ2v) is 19.4. The molecule has 0 spiro atoms. The molecule has 8 rings (SSSR count). The van der Waals surface area contributed by atoms with Crippen molar-refractivity contribution in [3.05, 3.63) is 107 Å². The minimum atomic E-state index is -0.240. The van der Waals surface area contributed by atoms with Gasteiger partial charge in [0.15, 0.2) is 5.13 Å². The molecule has 4 amide bonds. The van der Waals surface area contributed by atoms with E-state index >= 15 is 0 Å². The smallest absolute Gasteiger partial charge is 0.414 e. The van der Waals surface area contributed by atoms with Crippen molar-refractivity contribution in [2.24, 2.45) is 0 Å². The highest BCUT2D eigenvalue weighted by Crippen LogP contribution is 2.26. The lowest BCUT2D eigenvalue weighted by molar-refractivity contribution is 0.0188. The van der Waals surface area contributed by atoms with E-state index in [2.05, 4.69) is 121 Å². The predicted octanol–water partition coefficient (Wildman–Crippen LogP) is 9.93. The summed E-state index contributed by atoms with van der Waals surface area (Å²) in [6, 6.07) is 27.2. The number of thiazole rings is 1. The Bertz CT molecular complexity index is 2100. The maximum atomic E-state index is 12.4. The van der Waals surface area contributed by atoms with Crippen LogP contribution in [0.1, 0.15) is 101 Å². The summed E-state index contributed by atoms with van der Waals surface area (Å²) in [5.41, 5.74) is 6.81. The number of aromatic nitrogens is 1. The van der Waals surface area contributed by atoms with E-state index in [9.17, 15) is 14.4 Å². The van der Waals surface area contributed by atoms with Crippen LogP contribution in [0.15, 0.2) is 84.2 Å². The molecular formula is C52H74N8O6S. The van der Waals surface area contributed by atoms with Crippen molar-refractivity contribution in [2.75, 3.05) is 101 Å². The third-order valence-corrected chi connectivity index (χ3v) is 13.3. The van der Waals surface area contributed by atoms with Gasteiger partial charge in [-0.2, -0.15) is 0 Å². The van der Waals surface area contributed by atoms with Gasteiger partial charge in [-0.15, -0.1) is 11.3 Å². The van der Waals surface area contributed by atoms with Crippen molar-refractivity contribution >= 4 is 46.1 Å². The van der Waals surface area contributed by atoms with Crippen LogP contribution in [-0.2, 0) is 20.8 Å². The number of urea groups is 1. The van der Waals surface area contributed by atoms with E-state index < -0.39 is 0 Å². The molecule has 2 N–H and O–H groups in total. The topological polar surface area (TPSA) is 132 Å². The molecule has 4 aromatic rings. The quantitative estimate of drug-likeness (QED) is 0.142. The van der Waals surface area contributed by atoms with Gasteiger partial charge in [0.05, 0.1) is 32.1 Å². The number of benzene rings is 3. The van der Waals surface area contributed by atoms with Crippen LogP contribution in [0.25, 0.3) is 0 Å². The van der Waals surface area contributed by atoms with Crippen LogP contribution in [0.4, 0.5) is 30.9 Å². The number of nitrogens with one attached hydrogen (secondary N) is 2. The average molecular weight is 939 g/mol. The fourth-order valence-electron chi connectivity index (χ4n) is 8.26. The number of hydrogen-bond acceptors (Lipinski definition) is 11. The number of nitrogens with zero attached hydrogens (tertiary/aromatic N) is 6. The number of carbonyl (C=O) groups excluding carboxylic acids is 3. The number of morpholine rings is 1. The molecule has 0 bridgehead atoms. The van der Waals surface area contributed by atoms with Gasteiger partial charge >= 0.3 is 18.2 Å². The molecule has 1 aromatic heterocycles. The van der Waals surface area contributed by atoms with Crippen molar-refractivity contribution in [1.29, 1.82) is 0 Å². The minimum absolute atomic E-state index is 0.00309. The summed E-state index contributed by atoms with van der Waals surface area (Å²) < 4.78 is 15.9. The summed E-state index contributed by atoms with van der Waals surface area (Å²) in [5.74, 6) is 1.46. The zero-order valence-corrected chi connectivity index (χ0v) is 41.6. The Morgan fingerprint density at radius 2 is 1.39 bits per heavy atom. The molecule has 67 heavy (non-hydrogen) atoms. The molecule has 5 heterocycles. The molecule has 4 saturated heterocycles. The second kappa shape index (κ2) is 25.8. The SMILES string of the molecule is CC(C)c1ccc(N2CC(CN3CCOCC3)OC2=O)cc1.CC(C)c1ccc(NC(=O)N2CCN(Cc3ccccc3)CC2)cc1.CCOC(=O)N1CCC(Nc2nc(C(C)C)cs2)CC1. The monoisotopic (exact) mass is 939 g/mol. The summed E-state index contributed by atoms with van der Waals surface area (Å²) >= 11 is 1.66. The first-order chi connectivity index (χ1) is 32.3. The van der Waals surface area contributed by atoms with Crippen molar-refractivity contribution in [1.82, 2.24) is 24.6 Å². The predicted molar refractivity (Wildman–Crippen MR) is 270 cm³/mol. The number of rotatable bonds is 12. The van der Waals surface area contributed by atoms with Gasteiger partial charge in [-0.3, -0.25) is 14.7 Å². The Balaban J connectivity index is 0.000000167. The van der Waals surface area contributed by atoms with Crippen LogP contribution in [0.5, 0.6) is 0 Å². The molecule has 364 valence electrons. The summed E-state index contributed by atoms with van der Waals surface area (Å²) in [5, 5.41) is 9.59. The van der Waals surface area contributed by atoms with Gasteiger partial charge in [0.1, 0.15) is 6.10 Å². The number of likely N-dealkylation sites (tertiary alicyclic amines) is 1. The molecule has 4 aliphatic rings. The average Bonchev–Trinajstić information content (AvgIpc) is 3.97. The van der Waals surface area contributed by atoms with Crippen LogP contribution < -0.4 is 15.5 Å². The van der Waals surface area contributed by atoms with Crippen LogP contribution in [0, 0.1) is 0 Å². The first-order valence-corrected chi connectivity index (χ1v) is 25.2. The van der Waals surface area contributed by atoms with Crippen molar-refractivity contribution in [3.8, 4) is 0 Å². The van der Waals surface area contributed by atoms with Gasteiger partial charge in [0.2, 0.25) is 0 Å². The van der Waals surface area contributed by atoms with E-state index in [4.69, 9.17) is 14.2 Å². The Hall–Kier alpha value is -5.22. The molecule has 0 aliphatic carbocycles. The van der Waals surface area contributed by atoms with E-state index in [1.54, 1.807) is 21.1 Å². The van der Waals surface area contributed by atoms with Crippen LogP contribution in [0.2, 0.25) is 0 Å². The minimum Gasteiger partial charge on any atom is -0.450 e. The molecule has 1 unspecified atom stereocenters. The van der Waals surface area contributed by atoms with E-state index in [-0.39, 0.29) is 24.3 Å². The maximum absolute atomic E-state index is 12.4. The van der Waals surface area contributed by atoms with Gasteiger partial charge < -0.3 is 34.6 Å². The number of ether oxygens (including phenoxy) is 3. The number of anilines is 3. The summed E-state index contributed by atoms with van der Waals surface area (Å²) in [6.07, 6.45) is 1.39. The molecule has 0 saturated carbocycles. The number of hydrogen-bond donors (Lipinski definition) is 2. The molecule has 0 radical (unpaired) electrons. The standard InChI is InChI=1S/C21H27N3O.C17H24N2O3.C14H23N3O2S/c1-17(2)19-8-10-20(11-9-19)22-21(25)24-14-12-23(13-15-24)16-18-6-4-3-5-7-18;1-13(2)14-3-5-15(6-4-14)19-12-16(22-17(19)20)11-18-7-9-21-10-8-18;1-4-19-14(18)17-7-5-11(6-8-17)15-13-16-12(9-20-13)10(2)3/h3-11,17H,12-16H2,1-2H3,(H,22,25);3-6,13,16H,7-12H2,1-2H3;9-11H,4-8H2,1-3H3,(H,15,16). The third-order valence-electron chi connectivity index (χ3n) is 12.5. The third kappa shape index (κ3) is 15.9. The highest BCUT2D eigenvalue weighted by atomic mass is 32.1. The number of piperazine rings is 1. The van der Waals surface area contributed by atoms with Crippen LogP contribution in [0.3, 0.4) is 0 Å². The number of carbonyl (C=O) groups is 3. The number of amides is 4. The van der Waals surface area contributed by atoms with E-state index in [1.807, 2.05) is 42.2 Å². The maximum Gasteiger partial charge on any atom is 0.414 e. The fraction of sp³-hybridized carbons (Fsp3) is 0.538. The molecule has 1 atom stereocenters. The Kier molecular flexibility index (Phi) is 19.7. The van der Waals surface area contributed by atoms with Crippen LogP contribution in [-0.4, -0.2) is 140 Å². The first-order valence-electron chi connectivity index (χ1n) is 24.3. The summed E-state index contributed by atoms with van der Waals surface area (Å²) in [4.78, 5) is 50.9. The first kappa shape index (κ1) is 51.2. The van der Waals surface area contributed by atoms with Gasteiger partial charge in [-0.05, 0) is 78.5 Å². The zero-order chi connectivity index (χ0) is 47.7. The lowest BCUT2D eigenvalue weighted by Crippen LogP contribution is -2.49. The van der Waals surface area contributed by atoms with E-state index in [1.165, 1.54) is 16.7 Å². The van der Waals surface area contributed by atoms with Gasteiger partial charge in [-0.25, -0.2) is 19.4 Å². The number of cyclic esters (lactones) is 1. The van der Waals surface area contributed by atoms with Crippen LogP contribution >= 0.6 is 11.3 Å². The summed E-state index contributed by atoms with van der Waals surface area (Å²) in [7, 11) is 0. The normalized spacial score (nSPS) is 18.3. The van der Waals surface area contributed by atoms with Crippen molar-refractivity contribution < 1.29 is 28.6 Å². The van der Waals surface area contributed by atoms with Gasteiger partial charge in [0, 0.05) is 88.2 Å². The molecule has 4 fully saturated rings. The lowest BCUT2D eigenvalue weighted by Gasteiger charge is -2.34. The lowest BCUT2D eigenvalue weighted by atomic mass is 10.0. The van der Waals surface area contributed by atoms with Gasteiger partial charge in [-0.1, -0.05) is 96.1 Å². The van der Waals surface area contributed by atoms with E-state index in [0.29, 0.717) is 36.9 Å². The molecule has 14 nitrogen and oxygen atoms in total. The Labute approximate surface area is 402 Å².